The summed E-state index contributed by atoms with van der Waals surface area (Å²) in [5, 5.41) is 8.84. The molecule has 6 heteroatoms. The van der Waals surface area contributed by atoms with Crippen molar-refractivity contribution < 1.29 is 14.3 Å². The van der Waals surface area contributed by atoms with Crippen molar-refractivity contribution >= 4 is 29.0 Å². The lowest BCUT2D eigenvalue weighted by molar-refractivity contribution is -0.123. The second-order valence-corrected chi connectivity index (χ2v) is 6.67. The first-order chi connectivity index (χ1) is 13.1. The summed E-state index contributed by atoms with van der Waals surface area (Å²) in [7, 11) is 0. The molecule has 0 bridgehead atoms. The Bertz CT molecular complexity index is 975. The van der Waals surface area contributed by atoms with E-state index in [9.17, 15) is 14.9 Å². The molecule has 27 heavy (non-hydrogen) atoms. The number of imide groups is 1. The summed E-state index contributed by atoms with van der Waals surface area (Å²) < 4.78 is 5.59. The average Bonchev–Trinajstić information content (AvgIpc) is 2.95. The minimum absolute atomic E-state index is 0.0698. The van der Waals surface area contributed by atoms with Gasteiger partial charge in [0, 0.05) is 5.56 Å². The molecule has 2 aromatic rings. The number of hydrogen-bond acceptors (Lipinski definition) is 5. The molecule has 0 radical (unpaired) electrons. The Morgan fingerprint density at radius 2 is 1.89 bits per heavy atom. The largest absolute Gasteiger partial charge is 0.489 e. The monoisotopic (exact) mass is 376 g/mol. The molecule has 1 saturated heterocycles. The van der Waals surface area contributed by atoms with Gasteiger partial charge in [-0.25, -0.2) is 0 Å². The Hall–Kier alpha value is -3.30. The van der Waals surface area contributed by atoms with Crippen LogP contribution >= 0.6 is 11.8 Å². The van der Waals surface area contributed by atoms with Gasteiger partial charge in [0.2, 0.25) is 0 Å². The summed E-state index contributed by atoms with van der Waals surface area (Å²) >= 11 is 0.882. The molecule has 0 aromatic heterocycles. The van der Waals surface area contributed by atoms with Gasteiger partial charge in [-0.15, -0.1) is 0 Å². The van der Waals surface area contributed by atoms with Crippen LogP contribution in [0.1, 0.15) is 16.7 Å². The van der Waals surface area contributed by atoms with Gasteiger partial charge in [0.05, 0.1) is 23.1 Å². The summed E-state index contributed by atoms with van der Waals surface area (Å²) in [6.07, 6.45) is 3.29. The molecule has 0 aliphatic carbocycles. The van der Waals surface area contributed by atoms with Crippen LogP contribution in [0.5, 0.6) is 5.75 Å². The fourth-order valence-corrected chi connectivity index (χ4v) is 3.42. The highest BCUT2D eigenvalue weighted by molar-refractivity contribution is 8.18. The van der Waals surface area contributed by atoms with Gasteiger partial charge in [0.1, 0.15) is 12.4 Å². The molecule has 0 atom stereocenters. The molecule has 1 aliphatic rings. The van der Waals surface area contributed by atoms with Crippen LogP contribution in [0.25, 0.3) is 6.08 Å². The zero-order valence-electron chi connectivity index (χ0n) is 14.4. The van der Waals surface area contributed by atoms with E-state index >= 15 is 0 Å². The fourth-order valence-electron chi connectivity index (χ4n) is 2.60. The number of benzene rings is 2. The van der Waals surface area contributed by atoms with Gasteiger partial charge in [-0.1, -0.05) is 49.1 Å². The molecule has 0 saturated carbocycles. The average molecular weight is 376 g/mol. The van der Waals surface area contributed by atoms with Gasteiger partial charge in [0.25, 0.3) is 11.1 Å². The molecular formula is C21H16N2O3S. The summed E-state index contributed by atoms with van der Waals surface area (Å²) in [6, 6.07) is 16.3. The van der Waals surface area contributed by atoms with E-state index in [1.807, 2.05) is 18.2 Å². The lowest BCUT2D eigenvalue weighted by Crippen LogP contribution is -2.27. The van der Waals surface area contributed by atoms with Crippen molar-refractivity contribution in [3.8, 4) is 11.8 Å². The van der Waals surface area contributed by atoms with E-state index in [1.165, 1.54) is 0 Å². The van der Waals surface area contributed by atoms with Crippen LogP contribution in [-0.2, 0) is 11.3 Å². The third-order valence-corrected chi connectivity index (χ3v) is 4.81. The van der Waals surface area contributed by atoms with Crippen molar-refractivity contribution in [2.75, 3.05) is 6.61 Å². The molecular weight excluding hydrogens is 360 g/mol. The van der Waals surface area contributed by atoms with Gasteiger partial charge >= 0.3 is 0 Å². The number of amides is 2. The maximum atomic E-state index is 12.7. The Balaban J connectivity index is 1.85. The quantitative estimate of drug-likeness (QED) is 0.553. The maximum Gasteiger partial charge on any atom is 0.293 e. The third-order valence-electron chi connectivity index (χ3n) is 3.90. The molecule has 1 aliphatic heterocycles. The lowest BCUT2D eigenvalue weighted by Gasteiger charge is -2.13. The van der Waals surface area contributed by atoms with Gasteiger partial charge in [-0.05, 0) is 35.5 Å². The van der Waals surface area contributed by atoms with Crippen molar-refractivity contribution in [1.82, 2.24) is 4.90 Å². The summed E-state index contributed by atoms with van der Waals surface area (Å²) in [4.78, 5) is 26.5. The van der Waals surface area contributed by atoms with Crippen LogP contribution in [0.3, 0.4) is 0 Å². The minimum atomic E-state index is -0.378. The molecule has 0 unspecified atom stereocenters. The lowest BCUT2D eigenvalue weighted by atomic mass is 10.1. The Kier molecular flexibility index (Phi) is 5.74. The van der Waals surface area contributed by atoms with E-state index in [0.717, 1.165) is 16.7 Å². The zero-order chi connectivity index (χ0) is 19.2. The Labute approximate surface area is 161 Å². The van der Waals surface area contributed by atoms with Crippen LogP contribution in [0, 0.1) is 11.3 Å². The number of nitriles is 1. The molecule has 0 spiro atoms. The maximum absolute atomic E-state index is 12.7. The standard InChI is InChI=1S/C21H16N2O3S/c1-2-11-26-18-10-6-5-7-15(18)12-19-20(24)23(21(25)27-19)14-17-9-4-3-8-16(17)13-22/h2-10,12H,1,11,14H2/b19-12-. The van der Waals surface area contributed by atoms with Crippen LogP contribution < -0.4 is 4.74 Å². The number of nitrogens with zero attached hydrogens (tertiary/aromatic N) is 2. The first kappa shape index (κ1) is 18.5. The highest BCUT2D eigenvalue weighted by Crippen LogP contribution is 2.35. The van der Waals surface area contributed by atoms with Gasteiger partial charge < -0.3 is 4.74 Å². The first-order valence-corrected chi connectivity index (χ1v) is 9.01. The van der Waals surface area contributed by atoms with Crippen molar-refractivity contribution in [1.29, 1.82) is 5.26 Å². The number of para-hydroxylation sites is 1. The molecule has 134 valence electrons. The van der Waals surface area contributed by atoms with Crippen LogP contribution in [0.2, 0.25) is 0 Å². The first-order valence-electron chi connectivity index (χ1n) is 8.20. The van der Waals surface area contributed by atoms with E-state index < -0.39 is 0 Å². The predicted molar refractivity (Wildman–Crippen MR) is 105 cm³/mol. The molecule has 2 aromatic carbocycles. The van der Waals surface area contributed by atoms with Crippen LogP contribution in [0.15, 0.2) is 66.1 Å². The fraction of sp³-hybridized carbons (Fsp3) is 0.0952. The Morgan fingerprint density at radius 3 is 2.67 bits per heavy atom. The summed E-state index contributed by atoms with van der Waals surface area (Å²) in [5.74, 6) is 0.232. The Morgan fingerprint density at radius 1 is 1.15 bits per heavy atom. The highest BCUT2D eigenvalue weighted by atomic mass is 32.2. The molecule has 1 heterocycles. The summed E-state index contributed by atoms with van der Waals surface area (Å²) in [5.41, 5.74) is 1.80. The molecule has 1 fully saturated rings. The normalized spacial score (nSPS) is 15.1. The number of rotatable bonds is 6. The van der Waals surface area contributed by atoms with Gasteiger partial charge in [-0.3, -0.25) is 14.5 Å². The van der Waals surface area contributed by atoms with E-state index in [-0.39, 0.29) is 17.7 Å². The third kappa shape index (κ3) is 4.10. The molecule has 3 rings (SSSR count). The second-order valence-electron chi connectivity index (χ2n) is 5.67. The van der Waals surface area contributed by atoms with Crippen LogP contribution in [-0.4, -0.2) is 22.7 Å². The summed E-state index contributed by atoms with van der Waals surface area (Å²) in [6.45, 7) is 4.04. The topological polar surface area (TPSA) is 70.4 Å². The van der Waals surface area contributed by atoms with E-state index in [4.69, 9.17) is 4.74 Å². The van der Waals surface area contributed by atoms with E-state index in [0.29, 0.717) is 34.0 Å². The SMILES string of the molecule is C=CCOc1ccccc1/C=C1\SC(=O)N(Cc2ccccc2C#N)C1=O. The zero-order valence-corrected chi connectivity index (χ0v) is 15.2. The van der Waals surface area contributed by atoms with E-state index in [1.54, 1.807) is 42.5 Å². The number of hydrogen-bond donors (Lipinski definition) is 0. The van der Waals surface area contributed by atoms with Gasteiger partial charge in [-0.2, -0.15) is 5.26 Å². The molecule has 5 nitrogen and oxygen atoms in total. The predicted octanol–water partition coefficient (Wildman–Crippen LogP) is 4.36. The number of ether oxygens (including phenoxy) is 1. The molecule has 0 N–H and O–H groups in total. The van der Waals surface area contributed by atoms with Crippen LogP contribution in [0.4, 0.5) is 4.79 Å². The second kappa shape index (κ2) is 8.39. The van der Waals surface area contributed by atoms with Gasteiger partial charge in [0.15, 0.2) is 0 Å². The van der Waals surface area contributed by atoms with E-state index in [2.05, 4.69) is 12.6 Å². The number of carbonyl (C=O) groups is 2. The number of thioether (sulfide) groups is 1. The molecule has 2 amide bonds. The number of carbonyl (C=O) groups excluding carboxylic acids is 2. The van der Waals surface area contributed by atoms with Crippen molar-refractivity contribution in [3.05, 3.63) is 82.8 Å². The highest BCUT2D eigenvalue weighted by Gasteiger charge is 2.35. The minimum Gasteiger partial charge on any atom is -0.489 e. The smallest absolute Gasteiger partial charge is 0.293 e. The van der Waals surface area contributed by atoms with Crippen molar-refractivity contribution in [2.45, 2.75) is 6.54 Å². The van der Waals surface area contributed by atoms with Crippen molar-refractivity contribution in [3.63, 3.8) is 0 Å². The van der Waals surface area contributed by atoms with Crippen molar-refractivity contribution in [2.24, 2.45) is 0 Å².